The average Bonchev–Trinajstić information content (AvgIpc) is 2.34. The molecule has 0 radical (unpaired) electrons. The Morgan fingerprint density at radius 1 is 1.42 bits per heavy atom. The van der Waals surface area contributed by atoms with E-state index in [2.05, 4.69) is 26.1 Å². The summed E-state index contributed by atoms with van der Waals surface area (Å²) in [4.78, 5) is 25.1. The fraction of sp³-hybridized carbons (Fsp3) is 0.857. The van der Waals surface area contributed by atoms with Crippen LogP contribution >= 0.6 is 0 Å². The van der Waals surface area contributed by atoms with E-state index in [1.165, 1.54) is 6.92 Å². The summed E-state index contributed by atoms with van der Waals surface area (Å²) in [6.07, 6.45) is 2.10. The van der Waals surface area contributed by atoms with Crippen molar-refractivity contribution in [2.24, 2.45) is 11.3 Å². The molecular weight excluding hydrogens is 244 g/mol. The van der Waals surface area contributed by atoms with Crippen LogP contribution in [0.3, 0.4) is 0 Å². The Balaban J connectivity index is 2.68. The molecule has 0 aromatic carbocycles. The summed E-state index contributed by atoms with van der Waals surface area (Å²) in [5.41, 5.74) is 0.168. The van der Waals surface area contributed by atoms with E-state index < -0.39 is 6.04 Å². The van der Waals surface area contributed by atoms with Crippen molar-refractivity contribution >= 4 is 11.8 Å². The van der Waals surface area contributed by atoms with Crippen molar-refractivity contribution in [3.05, 3.63) is 0 Å². The average molecular weight is 270 g/mol. The summed E-state index contributed by atoms with van der Waals surface area (Å²) in [5.74, 6) is -0.00898. The van der Waals surface area contributed by atoms with E-state index in [9.17, 15) is 14.7 Å². The molecule has 19 heavy (non-hydrogen) atoms. The molecule has 1 fully saturated rings. The Hall–Kier alpha value is -1.10. The highest BCUT2D eigenvalue weighted by Gasteiger charge is 2.33. The van der Waals surface area contributed by atoms with Gasteiger partial charge in [0.2, 0.25) is 11.8 Å². The van der Waals surface area contributed by atoms with Crippen molar-refractivity contribution in [3.63, 3.8) is 0 Å². The maximum Gasteiger partial charge on any atom is 0.247 e. The van der Waals surface area contributed by atoms with Crippen LogP contribution in [0.2, 0.25) is 0 Å². The number of likely N-dealkylation sites (tertiary alicyclic amines) is 1. The zero-order valence-corrected chi connectivity index (χ0v) is 12.4. The van der Waals surface area contributed by atoms with Gasteiger partial charge in [0.15, 0.2) is 0 Å². The number of aliphatic hydroxyl groups excluding tert-OH is 1. The van der Waals surface area contributed by atoms with Gasteiger partial charge in [-0.25, -0.2) is 0 Å². The molecule has 0 spiro atoms. The van der Waals surface area contributed by atoms with Crippen LogP contribution < -0.4 is 5.32 Å². The minimum absolute atomic E-state index is 0.168. The highest BCUT2D eigenvalue weighted by atomic mass is 16.3. The first-order chi connectivity index (χ1) is 8.75. The van der Waals surface area contributed by atoms with E-state index in [4.69, 9.17) is 0 Å². The van der Waals surface area contributed by atoms with Crippen molar-refractivity contribution in [1.29, 1.82) is 0 Å². The molecule has 2 unspecified atom stereocenters. The monoisotopic (exact) mass is 270 g/mol. The lowest BCUT2D eigenvalue weighted by atomic mass is 9.76. The smallest absolute Gasteiger partial charge is 0.247 e. The third-order valence-electron chi connectivity index (χ3n) is 3.82. The highest BCUT2D eigenvalue weighted by Crippen LogP contribution is 2.33. The zero-order chi connectivity index (χ0) is 14.6. The number of amides is 2. The normalized spacial score (nSPS) is 21.9. The van der Waals surface area contributed by atoms with Gasteiger partial charge in [-0.3, -0.25) is 9.59 Å². The van der Waals surface area contributed by atoms with Gasteiger partial charge in [0.25, 0.3) is 0 Å². The SMILES string of the molecule is CC(=O)NC(CO)C(=O)N1CCCC(C(C)(C)C)C1. The van der Waals surface area contributed by atoms with Crippen LogP contribution in [0.15, 0.2) is 0 Å². The molecule has 1 aliphatic heterocycles. The van der Waals surface area contributed by atoms with E-state index in [1.54, 1.807) is 4.90 Å². The molecule has 5 nitrogen and oxygen atoms in total. The summed E-state index contributed by atoms with van der Waals surface area (Å²) < 4.78 is 0. The Morgan fingerprint density at radius 3 is 2.53 bits per heavy atom. The van der Waals surface area contributed by atoms with E-state index in [1.807, 2.05) is 0 Å². The molecule has 2 N–H and O–H groups in total. The van der Waals surface area contributed by atoms with E-state index in [-0.39, 0.29) is 23.8 Å². The minimum Gasteiger partial charge on any atom is -0.394 e. The van der Waals surface area contributed by atoms with Gasteiger partial charge in [-0.2, -0.15) is 0 Å². The number of aliphatic hydroxyl groups is 1. The van der Waals surface area contributed by atoms with Gasteiger partial charge in [-0.15, -0.1) is 0 Å². The molecule has 0 bridgehead atoms. The van der Waals surface area contributed by atoms with E-state index in [0.717, 1.165) is 12.8 Å². The van der Waals surface area contributed by atoms with Crippen LogP contribution in [0.25, 0.3) is 0 Å². The molecule has 0 saturated carbocycles. The predicted molar refractivity (Wildman–Crippen MR) is 73.4 cm³/mol. The summed E-state index contributed by atoms with van der Waals surface area (Å²) in [7, 11) is 0. The van der Waals surface area contributed by atoms with Gasteiger partial charge in [0.05, 0.1) is 6.61 Å². The first-order valence-electron chi connectivity index (χ1n) is 6.92. The second-order valence-corrected chi connectivity index (χ2v) is 6.43. The van der Waals surface area contributed by atoms with Gasteiger partial charge >= 0.3 is 0 Å². The number of nitrogens with zero attached hydrogens (tertiary/aromatic N) is 1. The van der Waals surface area contributed by atoms with Crippen LogP contribution in [0.1, 0.15) is 40.5 Å². The first-order valence-corrected chi connectivity index (χ1v) is 6.92. The Labute approximate surface area is 115 Å². The summed E-state index contributed by atoms with van der Waals surface area (Å²) in [6.45, 7) is 8.97. The Bertz CT molecular complexity index is 336. The number of hydrogen-bond acceptors (Lipinski definition) is 3. The van der Waals surface area contributed by atoms with Crippen LogP contribution in [0.5, 0.6) is 0 Å². The topological polar surface area (TPSA) is 69.6 Å². The van der Waals surface area contributed by atoms with Gasteiger partial charge < -0.3 is 15.3 Å². The van der Waals surface area contributed by atoms with Crippen LogP contribution in [-0.4, -0.2) is 47.6 Å². The number of rotatable bonds is 3. The fourth-order valence-corrected chi connectivity index (χ4v) is 2.54. The fourth-order valence-electron chi connectivity index (χ4n) is 2.54. The quantitative estimate of drug-likeness (QED) is 0.796. The molecule has 2 amide bonds. The molecule has 1 rings (SSSR count). The number of piperidine rings is 1. The number of hydrogen-bond donors (Lipinski definition) is 2. The lowest BCUT2D eigenvalue weighted by Crippen LogP contribution is -2.53. The Kier molecular flexibility index (Phi) is 5.35. The van der Waals surface area contributed by atoms with Crippen LogP contribution in [0.4, 0.5) is 0 Å². The highest BCUT2D eigenvalue weighted by molar-refractivity contribution is 5.87. The number of nitrogens with one attached hydrogen (secondary N) is 1. The molecule has 2 atom stereocenters. The number of carbonyl (C=O) groups excluding carboxylic acids is 2. The second-order valence-electron chi connectivity index (χ2n) is 6.43. The molecule has 1 aliphatic rings. The Morgan fingerprint density at radius 2 is 2.05 bits per heavy atom. The second kappa shape index (κ2) is 6.37. The molecule has 5 heteroatoms. The molecule has 1 heterocycles. The van der Waals surface area contributed by atoms with Gasteiger partial charge in [0, 0.05) is 20.0 Å². The minimum atomic E-state index is -0.809. The number of carbonyl (C=O) groups is 2. The van der Waals surface area contributed by atoms with Crippen molar-refractivity contribution < 1.29 is 14.7 Å². The predicted octanol–water partition coefficient (Wildman–Crippen LogP) is 0.768. The maximum atomic E-state index is 12.3. The van der Waals surface area contributed by atoms with Gasteiger partial charge in [0.1, 0.15) is 6.04 Å². The van der Waals surface area contributed by atoms with Crippen LogP contribution in [0, 0.1) is 11.3 Å². The first kappa shape index (κ1) is 16.0. The molecule has 0 aromatic rings. The van der Waals surface area contributed by atoms with E-state index >= 15 is 0 Å². The van der Waals surface area contributed by atoms with E-state index in [0.29, 0.717) is 19.0 Å². The van der Waals surface area contributed by atoms with Crippen LogP contribution in [-0.2, 0) is 9.59 Å². The van der Waals surface area contributed by atoms with Crippen molar-refractivity contribution in [2.75, 3.05) is 19.7 Å². The third-order valence-corrected chi connectivity index (χ3v) is 3.82. The summed E-state index contributed by atoms with van der Waals surface area (Å²) >= 11 is 0. The molecule has 0 aromatic heterocycles. The summed E-state index contributed by atoms with van der Waals surface area (Å²) in [6, 6.07) is -0.809. The maximum absolute atomic E-state index is 12.3. The molecule has 110 valence electrons. The molecule has 1 saturated heterocycles. The lowest BCUT2D eigenvalue weighted by molar-refractivity contribution is -0.139. The molecule has 0 aliphatic carbocycles. The van der Waals surface area contributed by atoms with Crippen molar-refractivity contribution in [3.8, 4) is 0 Å². The zero-order valence-electron chi connectivity index (χ0n) is 12.4. The van der Waals surface area contributed by atoms with Gasteiger partial charge in [-0.1, -0.05) is 20.8 Å². The lowest BCUT2D eigenvalue weighted by Gasteiger charge is -2.40. The van der Waals surface area contributed by atoms with Gasteiger partial charge in [-0.05, 0) is 24.2 Å². The molecular formula is C14H26N2O3. The largest absolute Gasteiger partial charge is 0.394 e. The standard InChI is InChI=1S/C14H26N2O3/c1-10(18)15-12(9-17)13(19)16-7-5-6-11(8-16)14(2,3)4/h11-12,17H,5-9H2,1-4H3,(H,15,18). The summed E-state index contributed by atoms with van der Waals surface area (Å²) in [5, 5.41) is 11.7. The van der Waals surface area contributed by atoms with Crippen molar-refractivity contribution in [2.45, 2.75) is 46.6 Å². The van der Waals surface area contributed by atoms with Crippen molar-refractivity contribution in [1.82, 2.24) is 10.2 Å². The third kappa shape index (κ3) is 4.49.